The van der Waals surface area contributed by atoms with Gasteiger partial charge in [-0.25, -0.2) is 0 Å². The van der Waals surface area contributed by atoms with E-state index in [-0.39, 0.29) is 0 Å². The van der Waals surface area contributed by atoms with Gasteiger partial charge in [-0.05, 0) is 24.3 Å². The number of benzene rings is 2. The fourth-order valence-electron chi connectivity index (χ4n) is 1.58. The zero-order valence-electron chi connectivity index (χ0n) is 10.6. The molecular formula is C16H12N2S2. The van der Waals surface area contributed by atoms with Crippen LogP contribution in [0.5, 0.6) is 0 Å². The van der Waals surface area contributed by atoms with Crippen LogP contribution in [0.3, 0.4) is 0 Å². The van der Waals surface area contributed by atoms with Crippen LogP contribution in [0.15, 0.2) is 48.5 Å². The van der Waals surface area contributed by atoms with Crippen molar-refractivity contribution in [3.05, 3.63) is 70.8 Å². The van der Waals surface area contributed by atoms with E-state index in [0.717, 1.165) is 22.3 Å². The molecule has 0 aromatic heterocycles. The SMILES string of the molecule is NC(=S)c1ccc(C#Cc2ccc(C(N)=S)cc2)cc1. The van der Waals surface area contributed by atoms with Crippen LogP contribution in [0.4, 0.5) is 0 Å². The molecule has 0 aliphatic rings. The van der Waals surface area contributed by atoms with Crippen molar-refractivity contribution in [3.8, 4) is 11.8 Å². The van der Waals surface area contributed by atoms with Crippen molar-refractivity contribution in [2.75, 3.05) is 0 Å². The van der Waals surface area contributed by atoms with Gasteiger partial charge in [0.25, 0.3) is 0 Å². The van der Waals surface area contributed by atoms with Gasteiger partial charge in [0, 0.05) is 22.3 Å². The minimum Gasteiger partial charge on any atom is -0.389 e. The van der Waals surface area contributed by atoms with Crippen LogP contribution in [-0.4, -0.2) is 9.98 Å². The van der Waals surface area contributed by atoms with Gasteiger partial charge in [0.15, 0.2) is 0 Å². The maximum Gasteiger partial charge on any atom is 0.103 e. The summed E-state index contributed by atoms with van der Waals surface area (Å²) in [5.41, 5.74) is 14.6. The average Bonchev–Trinajstić information content (AvgIpc) is 2.46. The van der Waals surface area contributed by atoms with Crippen LogP contribution < -0.4 is 11.5 Å². The molecule has 0 saturated heterocycles. The summed E-state index contributed by atoms with van der Waals surface area (Å²) in [6, 6.07) is 15.0. The summed E-state index contributed by atoms with van der Waals surface area (Å²) in [7, 11) is 0. The first-order valence-corrected chi connectivity index (χ1v) is 6.69. The first-order chi connectivity index (χ1) is 9.56. The van der Waals surface area contributed by atoms with Crippen molar-refractivity contribution >= 4 is 34.4 Å². The molecular weight excluding hydrogens is 284 g/mol. The molecule has 2 aromatic rings. The van der Waals surface area contributed by atoms with E-state index in [1.54, 1.807) is 0 Å². The van der Waals surface area contributed by atoms with Crippen molar-refractivity contribution < 1.29 is 0 Å². The minimum absolute atomic E-state index is 0.387. The van der Waals surface area contributed by atoms with Gasteiger partial charge in [0.05, 0.1) is 0 Å². The Bertz CT molecular complexity index is 643. The number of rotatable bonds is 2. The highest BCUT2D eigenvalue weighted by Gasteiger charge is 1.96. The summed E-state index contributed by atoms with van der Waals surface area (Å²) in [4.78, 5) is 0.774. The summed E-state index contributed by atoms with van der Waals surface area (Å²) in [5.74, 6) is 6.16. The second-order valence-corrected chi connectivity index (χ2v) is 5.01. The molecule has 0 atom stereocenters. The molecule has 20 heavy (non-hydrogen) atoms. The van der Waals surface area contributed by atoms with Gasteiger partial charge in [0.1, 0.15) is 9.98 Å². The number of hydrogen-bond donors (Lipinski definition) is 2. The van der Waals surface area contributed by atoms with Gasteiger partial charge in [-0.1, -0.05) is 60.5 Å². The quantitative estimate of drug-likeness (QED) is 0.660. The standard InChI is InChI=1S/C16H12N2S2/c17-15(19)13-7-3-11(4-8-13)1-2-12-5-9-14(10-6-12)16(18)20/h3-10H,(H2,17,19)(H2,18,20). The molecule has 0 bridgehead atoms. The van der Waals surface area contributed by atoms with Crippen molar-refractivity contribution in [3.63, 3.8) is 0 Å². The van der Waals surface area contributed by atoms with Gasteiger partial charge in [-0.2, -0.15) is 0 Å². The van der Waals surface area contributed by atoms with Gasteiger partial charge in [-0.15, -0.1) is 0 Å². The molecule has 98 valence electrons. The Kier molecular flexibility index (Phi) is 4.46. The molecule has 0 saturated carbocycles. The Morgan fingerprint density at radius 2 is 0.950 bits per heavy atom. The fraction of sp³-hybridized carbons (Fsp3) is 0. The number of thiocarbonyl (C=S) groups is 2. The largest absolute Gasteiger partial charge is 0.389 e. The second kappa shape index (κ2) is 6.29. The van der Waals surface area contributed by atoms with E-state index in [2.05, 4.69) is 11.8 Å². The average molecular weight is 296 g/mol. The lowest BCUT2D eigenvalue weighted by Crippen LogP contribution is -2.08. The zero-order chi connectivity index (χ0) is 14.5. The van der Waals surface area contributed by atoms with E-state index in [1.807, 2.05) is 48.5 Å². The van der Waals surface area contributed by atoms with Crippen molar-refractivity contribution in [2.45, 2.75) is 0 Å². The lowest BCUT2D eigenvalue weighted by Gasteiger charge is -1.98. The van der Waals surface area contributed by atoms with E-state index in [4.69, 9.17) is 35.9 Å². The molecule has 0 aliphatic heterocycles. The molecule has 0 radical (unpaired) electrons. The van der Waals surface area contributed by atoms with Crippen LogP contribution in [0.1, 0.15) is 22.3 Å². The van der Waals surface area contributed by atoms with Gasteiger partial charge < -0.3 is 11.5 Å². The number of nitrogens with two attached hydrogens (primary N) is 2. The smallest absolute Gasteiger partial charge is 0.103 e. The molecule has 0 spiro atoms. The molecule has 0 unspecified atom stereocenters. The highest BCUT2D eigenvalue weighted by atomic mass is 32.1. The summed E-state index contributed by atoms with van der Waals surface area (Å²) in [6.07, 6.45) is 0. The van der Waals surface area contributed by atoms with Crippen LogP contribution in [-0.2, 0) is 0 Å². The summed E-state index contributed by atoms with van der Waals surface area (Å²) < 4.78 is 0. The van der Waals surface area contributed by atoms with Crippen LogP contribution in [0, 0.1) is 11.8 Å². The summed E-state index contributed by atoms with van der Waals surface area (Å²) >= 11 is 9.80. The van der Waals surface area contributed by atoms with Crippen molar-refractivity contribution in [2.24, 2.45) is 11.5 Å². The Morgan fingerprint density at radius 3 is 1.20 bits per heavy atom. The van der Waals surface area contributed by atoms with Crippen molar-refractivity contribution in [1.29, 1.82) is 0 Å². The molecule has 2 rings (SSSR count). The van der Waals surface area contributed by atoms with Crippen LogP contribution in [0.2, 0.25) is 0 Å². The Morgan fingerprint density at radius 1 is 0.650 bits per heavy atom. The normalized spacial score (nSPS) is 9.40. The minimum atomic E-state index is 0.387. The van der Waals surface area contributed by atoms with E-state index in [9.17, 15) is 0 Å². The zero-order valence-corrected chi connectivity index (χ0v) is 12.2. The predicted molar refractivity (Wildman–Crippen MR) is 90.6 cm³/mol. The Balaban J connectivity index is 2.17. The molecule has 2 aromatic carbocycles. The van der Waals surface area contributed by atoms with E-state index >= 15 is 0 Å². The Hall–Kier alpha value is -2.22. The Labute approximate surface area is 128 Å². The summed E-state index contributed by atoms with van der Waals surface area (Å²) in [5, 5.41) is 0. The summed E-state index contributed by atoms with van der Waals surface area (Å²) in [6.45, 7) is 0. The molecule has 2 nitrogen and oxygen atoms in total. The monoisotopic (exact) mass is 296 g/mol. The maximum atomic E-state index is 5.54. The van der Waals surface area contributed by atoms with Gasteiger partial charge in [-0.3, -0.25) is 0 Å². The highest BCUT2D eigenvalue weighted by molar-refractivity contribution is 7.80. The number of hydrogen-bond acceptors (Lipinski definition) is 2. The van der Waals surface area contributed by atoms with Gasteiger partial charge >= 0.3 is 0 Å². The predicted octanol–water partition coefficient (Wildman–Crippen LogP) is 2.35. The maximum absolute atomic E-state index is 5.54. The highest BCUT2D eigenvalue weighted by Crippen LogP contribution is 2.05. The van der Waals surface area contributed by atoms with Crippen LogP contribution in [0.25, 0.3) is 0 Å². The third kappa shape index (κ3) is 3.64. The van der Waals surface area contributed by atoms with Gasteiger partial charge in [0.2, 0.25) is 0 Å². The lowest BCUT2D eigenvalue weighted by molar-refractivity contribution is 1.57. The lowest BCUT2D eigenvalue weighted by atomic mass is 10.1. The second-order valence-electron chi connectivity index (χ2n) is 4.13. The molecule has 0 fully saturated rings. The van der Waals surface area contributed by atoms with Crippen LogP contribution >= 0.6 is 24.4 Å². The molecule has 0 amide bonds. The first-order valence-electron chi connectivity index (χ1n) is 5.88. The molecule has 0 heterocycles. The van der Waals surface area contributed by atoms with Crippen molar-refractivity contribution in [1.82, 2.24) is 0 Å². The topological polar surface area (TPSA) is 52.0 Å². The third-order valence-electron chi connectivity index (χ3n) is 2.69. The molecule has 0 aliphatic carbocycles. The fourth-order valence-corrected chi connectivity index (χ4v) is 1.85. The first kappa shape index (κ1) is 14.2. The van der Waals surface area contributed by atoms with E-state index < -0.39 is 0 Å². The van der Waals surface area contributed by atoms with E-state index in [0.29, 0.717) is 9.98 Å². The third-order valence-corrected chi connectivity index (χ3v) is 3.16. The molecule has 4 heteroatoms. The van der Waals surface area contributed by atoms with E-state index in [1.165, 1.54) is 0 Å². The molecule has 4 N–H and O–H groups in total.